The molecule has 22 heavy (non-hydrogen) atoms. The van der Waals surface area contributed by atoms with Gasteiger partial charge in [0.05, 0.1) is 17.6 Å². The third-order valence-electron chi connectivity index (χ3n) is 3.79. The molecule has 0 aliphatic carbocycles. The molecule has 3 aromatic rings. The molecule has 0 aliphatic rings. The van der Waals surface area contributed by atoms with E-state index >= 15 is 0 Å². The molecular weight excluding hydrogens is 274 g/mol. The lowest BCUT2D eigenvalue weighted by Crippen LogP contribution is -1.99. The molecule has 4 heteroatoms. The van der Waals surface area contributed by atoms with E-state index in [-0.39, 0.29) is 0 Å². The molecule has 4 nitrogen and oxygen atoms in total. The molecule has 0 fully saturated rings. The summed E-state index contributed by atoms with van der Waals surface area (Å²) in [5, 5.41) is 0. The van der Waals surface area contributed by atoms with Crippen LogP contribution in [0.3, 0.4) is 0 Å². The summed E-state index contributed by atoms with van der Waals surface area (Å²) in [5.41, 5.74) is 9.99. The van der Waals surface area contributed by atoms with Crippen molar-refractivity contribution in [3.05, 3.63) is 48.0 Å². The maximum Gasteiger partial charge on any atom is 0.141 e. The highest BCUT2D eigenvalue weighted by Gasteiger charge is 2.12. The second-order valence-corrected chi connectivity index (χ2v) is 5.16. The van der Waals surface area contributed by atoms with Crippen LogP contribution >= 0.6 is 0 Å². The quantitative estimate of drug-likeness (QED) is 0.782. The van der Waals surface area contributed by atoms with Gasteiger partial charge in [-0.1, -0.05) is 24.3 Å². The summed E-state index contributed by atoms with van der Waals surface area (Å²) in [5.74, 6) is 1.84. The number of nitrogens with zero attached hydrogens (tertiary/aromatic N) is 2. The molecule has 0 unspecified atom stereocenters. The van der Waals surface area contributed by atoms with Gasteiger partial charge in [0, 0.05) is 24.7 Å². The summed E-state index contributed by atoms with van der Waals surface area (Å²) in [6.45, 7) is 6.21. The van der Waals surface area contributed by atoms with Crippen molar-refractivity contribution in [2.45, 2.75) is 26.9 Å². The number of imidazole rings is 1. The number of aromatic nitrogens is 2. The lowest BCUT2D eigenvalue weighted by atomic mass is 10.1. The van der Waals surface area contributed by atoms with Crippen molar-refractivity contribution in [2.75, 3.05) is 6.61 Å². The lowest BCUT2D eigenvalue weighted by Gasteiger charge is -2.07. The first-order valence-corrected chi connectivity index (χ1v) is 7.69. The van der Waals surface area contributed by atoms with E-state index in [2.05, 4.69) is 41.8 Å². The van der Waals surface area contributed by atoms with Crippen LogP contribution < -0.4 is 10.5 Å². The van der Waals surface area contributed by atoms with Gasteiger partial charge in [0.15, 0.2) is 0 Å². The minimum atomic E-state index is 0.558. The Balaban J connectivity index is 2.11. The maximum atomic E-state index is 5.67. The predicted molar refractivity (Wildman–Crippen MR) is 89.9 cm³/mol. The minimum absolute atomic E-state index is 0.558. The second-order valence-electron chi connectivity index (χ2n) is 5.16. The van der Waals surface area contributed by atoms with Gasteiger partial charge < -0.3 is 15.0 Å². The summed E-state index contributed by atoms with van der Waals surface area (Å²) < 4.78 is 7.79. The monoisotopic (exact) mass is 295 g/mol. The van der Waals surface area contributed by atoms with Gasteiger partial charge in [0.25, 0.3) is 0 Å². The number of aryl methyl sites for hydroxylation is 1. The minimum Gasteiger partial charge on any atom is -0.494 e. The molecule has 0 saturated heterocycles. The molecule has 114 valence electrons. The van der Waals surface area contributed by atoms with Crippen LogP contribution in [0.15, 0.2) is 42.5 Å². The third kappa shape index (κ3) is 2.57. The highest BCUT2D eigenvalue weighted by Crippen LogP contribution is 2.27. The average molecular weight is 295 g/mol. The Bertz CT molecular complexity index is 775. The molecule has 0 bridgehead atoms. The molecule has 1 aromatic heterocycles. The molecule has 0 atom stereocenters. The molecular formula is C18H21N3O. The van der Waals surface area contributed by atoms with Crippen molar-refractivity contribution in [3.8, 4) is 17.1 Å². The van der Waals surface area contributed by atoms with Gasteiger partial charge in [0.2, 0.25) is 0 Å². The lowest BCUT2D eigenvalue weighted by molar-refractivity contribution is 0.340. The van der Waals surface area contributed by atoms with Crippen LogP contribution in [0.4, 0.5) is 0 Å². The van der Waals surface area contributed by atoms with E-state index in [4.69, 9.17) is 15.5 Å². The van der Waals surface area contributed by atoms with E-state index in [1.165, 1.54) is 0 Å². The Morgan fingerprint density at radius 2 is 1.86 bits per heavy atom. The van der Waals surface area contributed by atoms with E-state index in [9.17, 15) is 0 Å². The van der Waals surface area contributed by atoms with Gasteiger partial charge in [-0.2, -0.15) is 0 Å². The molecule has 1 heterocycles. The molecule has 2 aromatic carbocycles. The van der Waals surface area contributed by atoms with Gasteiger partial charge >= 0.3 is 0 Å². The first-order valence-electron chi connectivity index (χ1n) is 7.69. The first-order chi connectivity index (χ1) is 10.8. The van der Waals surface area contributed by atoms with Crippen molar-refractivity contribution in [1.29, 1.82) is 0 Å². The zero-order valence-electron chi connectivity index (χ0n) is 13.0. The molecule has 0 amide bonds. The normalized spacial score (nSPS) is 11.0. The summed E-state index contributed by atoms with van der Waals surface area (Å²) >= 11 is 0. The van der Waals surface area contributed by atoms with Gasteiger partial charge in [-0.25, -0.2) is 4.98 Å². The number of hydrogen-bond acceptors (Lipinski definition) is 3. The molecule has 2 N–H and O–H groups in total. The van der Waals surface area contributed by atoms with Gasteiger partial charge in [-0.05, 0) is 31.5 Å². The fraction of sp³-hybridized carbons (Fsp3) is 0.278. The summed E-state index contributed by atoms with van der Waals surface area (Å²) in [6, 6.07) is 14.4. The Morgan fingerprint density at radius 3 is 2.50 bits per heavy atom. The van der Waals surface area contributed by atoms with Crippen molar-refractivity contribution in [2.24, 2.45) is 5.73 Å². The van der Waals surface area contributed by atoms with Gasteiger partial charge in [-0.15, -0.1) is 0 Å². The Labute approximate surface area is 130 Å². The fourth-order valence-electron chi connectivity index (χ4n) is 2.70. The van der Waals surface area contributed by atoms with Crippen LogP contribution in [0.25, 0.3) is 22.4 Å². The predicted octanol–water partition coefficient (Wildman–Crippen LogP) is 3.58. The molecule has 3 rings (SSSR count). The number of rotatable bonds is 5. The van der Waals surface area contributed by atoms with Gasteiger partial charge in [0.1, 0.15) is 11.6 Å². The summed E-state index contributed by atoms with van der Waals surface area (Å²) in [4.78, 5) is 4.80. The highest BCUT2D eigenvalue weighted by atomic mass is 16.5. The molecule has 0 aliphatic heterocycles. The smallest absolute Gasteiger partial charge is 0.141 e. The summed E-state index contributed by atoms with van der Waals surface area (Å²) in [6.07, 6.45) is 0. The van der Waals surface area contributed by atoms with Crippen molar-refractivity contribution < 1.29 is 4.74 Å². The van der Waals surface area contributed by atoms with Gasteiger partial charge in [-0.3, -0.25) is 0 Å². The Kier molecular flexibility index (Phi) is 4.11. The van der Waals surface area contributed by atoms with Crippen LogP contribution in [0.2, 0.25) is 0 Å². The fourth-order valence-corrected chi connectivity index (χ4v) is 2.70. The SMILES string of the molecule is CCOc1ccc2c(c1)nc(-c1ccc(CN)cc1)n2CC. The Hall–Kier alpha value is -2.33. The number of nitrogens with two attached hydrogens (primary N) is 1. The second kappa shape index (κ2) is 6.20. The number of hydrogen-bond donors (Lipinski definition) is 1. The summed E-state index contributed by atoms with van der Waals surface area (Å²) in [7, 11) is 0. The van der Waals surface area contributed by atoms with Crippen molar-refractivity contribution in [1.82, 2.24) is 9.55 Å². The van der Waals surface area contributed by atoms with E-state index in [1.807, 2.05) is 19.1 Å². The Morgan fingerprint density at radius 1 is 1.09 bits per heavy atom. The van der Waals surface area contributed by atoms with E-state index in [1.54, 1.807) is 0 Å². The largest absolute Gasteiger partial charge is 0.494 e. The van der Waals surface area contributed by atoms with Crippen molar-refractivity contribution in [3.63, 3.8) is 0 Å². The molecule has 0 saturated carbocycles. The van der Waals surface area contributed by atoms with Crippen molar-refractivity contribution >= 4 is 11.0 Å². The standard InChI is InChI=1S/C18H21N3O/c1-3-21-17-10-9-15(22-4-2)11-16(17)20-18(21)14-7-5-13(12-19)6-8-14/h5-11H,3-4,12,19H2,1-2H3. The third-order valence-corrected chi connectivity index (χ3v) is 3.79. The average Bonchev–Trinajstić information content (AvgIpc) is 2.93. The highest BCUT2D eigenvalue weighted by molar-refractivity contribution is 5.82. The number of benzene rings is 2. The zero-order valence-corrected chi connectivity index (χ0v) is 13.0. The molecule has 0 radical (unpaired) electrons. The number of ether oxygens (including phenoxy) is 1. The topological polar surface area (TPSA) is 53.1 Å². The van der Waals surface area contributed by atoms with Crippen LogP contribution in [-0.2, 0) is 13.1 Å². The van der Waals surface area contributed by atoms with Crippen LogP contribution in [-0.4, -0.2) is 16.2 Å². The van der Waals surface area contributed by atoms with Crippen LogP contribution in [0.1, 0.15) is 19.4 Å². The van der Waals surface area contributed by atoms with Crippen LogP contribution in [0.5, 0.6) is 5.75 Å². The maximum absolute atomic E-state index is 5.67. The van der Waals surface area contributed by atoms with E-state index < -0.39 is 0 Å². The first kappa shape index (κ1) is 14.6. The molecule has 0 spiro atoms. The van der Waals surface area contributed by atoms with E-state index in [0.29, 0.717) is 13.2 Å². The number of fused-ring (bicyclic) bond motifs is 1. The zero-order chi connectivity index (χ0) is 15.5. The van der Waals surface area contributed by atoms with E-state index in [0.717, 1.165) is 40.3 Å². The van der Waals surface area contributed by atoms with Crippen LogP contribution in [0, 0.1) is 0 Å².